The number of hydrogen-bond donors (Lipinski definition) is 0. The molecule has 34 heavy (non-hydrogen) atoms. The second-order valence-corrected chi connectivity index (χ2v) is 11.0. The Balaban J connectivity index is 1.75. The van der Waals surface area contributed by atoms with E-state index in [9.17, 15) is 22.4 Å². The van der Waals surface area contributed by atoms with Crippen LogP contribution < -0.4 is 9.80 Å². The fourth-order valence-electron chi connectivity index (χ4n) is 4.91. The summed E-state index contributed by atoms with van der Waals surface area (Å²) in [5.41, 5.74) is 3.85. The number of anilines is 2. The predicted molar refractivity (Wildman–Crippen MR) is 128 cm³/mol. The van der Waals surface area contributed by atoms with Crippen molar-refractivity contribution in [3.05, 3.63) is 94.3 Å². The number of benzene rings is 3. The van der Waals surface area contributed by atoms with Gasteiger partial charge in [-0.2, -0.15) is 0 Å². The molecule has 0 saturated carbocycles. The Bertz CT molecular complexity index is 1480. The zero-order valence-electron chi connectivity index (χ0n) is 19.0. The summed E-state index contributed by atoms with van der Waals surface area (Å²) in [5, 5.41) is 0. The topological polar surface area (TPSA) is 74.8 Å². The SMILES string of the molecule is Cc1ccc(C)c(CN2C(=O)[C@]3(c4ccccc42)N(c2ccc(C)c(F)c2)C(=O)CS3(=O)=O)c1. The van der Waals surface area contributed by atoms with Gasteiger partial charge in [0, 0.05) is 11.3 Å². The second kappa shape index (κ2) is 7.50. The predicted octanol–water partition coefficient (Wildman–Crippen LogP) is 3.91. The molecule has 2 heterocycles. The number of amides is 2. The molecule has 2 aliphatic rings. The quantitative estimate of drug-likeness (QED) is 0.572. The molecule has 0 unspecified atom stereocenters. The summed E-state index contributed by atoms with van der Waals surface area (Å²) < 4.78 is 41.7. The average molecular weight is 479 g/mol. The Morgan fingerprint density at radius 1 is 0.941 bits per heavy atom. The number of halogens is 1. The van der Waals surface area contributed by atoms with Gasteiger partial charge in [0.25, 0.3) is 10.8 Å². The van der Waals surface area contributed by atoms with Crippen LogP contribution in [0.15, 0.2) is 60.7 Å². The molecule has 3 aromatic carbocycles. The molecule has 0 aliphatic carbocycles. The minimum absolute atomic E-state index is 0.0333. The first-order chi connectivity index (χ1) is 16.1. The molecular weight excluding hydrogens is 455 g/mol. The number of rotatable bonds is 3. The number of aryl methyl sites for hydroxylation is 3. The van der Waals surface area contributed by atoms with E-state index in [0.717, 1.165) is 27.7 Å². The Labute approximate surface area is 197 Å². The van der Waals surface area contributed by atoms with Gasteiger partial charge in [0.05, 0.1) is 12.2 Å². The number of hydrogen-bond acceptors (Lipinski definition) is 4. The molecule has 1 atom stereocenters. The third-order valence-electron chi connectivity index (χ3n) is 6.67. The summed E-state index contributed by atoms with van der Waals surface area (Å²) in [6.45, 7) is 5.58. The highest BCUT2D eigenvalue weighted by atomic mass is 32.2. The molecule has 3 aromatic rings. The first-order valence-electron chi connectivity index (χ1n) is 10.9. The number of para-hydroxylation sites is 1. The zero-order chi connectivity index (χ0) is 24.4. The largest absolute Gasteiger partial charge is 0.304 e. The van der Waals surface area contributed by atoms with Crippen LogP contribution in [-0.4, -0.2) is 26.0 Å². The molecule has 1 spiro atoms. The lowest BCUT2D eigenvalue weighted by molar-refractivity contribution is -0.123. The van der Waals surface area contributed by atoms with E-state index in [1.807, 2.05) is 32.0 Å². The van der Waals surface area contributed by atoms with Gasteiger partial charge in [-0.05, 0) is 55.7 Å². The smallest absolute Gasteiger partial charge is 0.274 e. The first-order valence-corrected chi connectivity index (χ1v) is 12.5. The van der Waals surface area contributed by atoms with E-state index < -0.39 is 38.1 Å². The van der Waals surface area contributed by atoms with E-state index in [1.54, 1.807) is 31.2 Å². The molecule has 0 bridgehead atoms. The molecule has 0 N–H and O–H groups in total. The monoisotopic (exact) mass is 478 g/mol. The van der Waals surface area contributed by atoms with Gasteiger partial charge in [0.2, 0.25) is 5.91 Å². The lowest BCUT2D eigenvalue weighted by Gasteiger charge is -2.32. The Morgan fingerprint density at radius 3 is 2.38 bits per heavy atom. The molecule has 5 rings (SSSR count). The summed E-state index contributed by atoms with van der Waals surface area (Å²) >= 11 is 0. The van der Waals surface area contributed by atoms with Crippen LogP contribution in [0.4, 0.5) is 15.8 Å². The van der Waals surface area contributed by atoms with Crippen LogP contribution in [0.1, 0.15) is 27.8 Å². The Hall–Kier alpha value is -3.52. The fourth-order valence-corrected chi connectivity index (χ4v) is 6.94. The highest BCUT2D eigenvalue weighted by Gasteiger charge is 2.69. The summed E-state index contributed by atoms with van der Waals surface area (Å²) in [4.78, 5) is 27.4. The van der Waals surface area contributed by atoms with Gasteiger partial charge in [-0.15, -0.1) is 0 Å². The van der Waals surface area contributed by atoms with E-state index in [2.05, 4.69) is 0 Å². The normalized spacial score (nSPS) is 20.9. The summed E-state index contributed by atoms with van der Waals surface area (Å²) in [6, 6.07) is 16.5. The van der Waals surface area contributed by atoms with Crippen LogP contribution >= 0.6 is 0 Å². The van der Waals surface area contributed by atoms with E-state index in [-0.39, 0.29) is 17.8 Å². The maximum Gasteiger partial charge on any atom is 0.274 e. The van der Waals surface area contributed by atoms with Crippen molar-refractivity contribution in [2.24, 2.45) is 0 Å². The molecule has 0 radical (unpaired) electrons. The number of carbonyl (C=O) groups excluding carboxylic acids is 2. The lowest BCUT2D eigenvalue weighted by Crippen LogP contribution is -2.54. The van der Waals surface area contributed by atoms with Gasteiger partial charge >= 0.3 is 0 Å². The van der Waals surface area contributed by atoms with Crippen LogP contribution in [0.5, 0.6) is 0 Å². The zero-order valence-corrected chi connectivity index (χ0v) is 19.8. The van der Waals surface area contributed by atoms with Crippen molar-refractivity contribution in [3.8, 4) is 0 Å². The van der Waals surface area contributed by atoms with Crippen molar-refractivity contribution in [2.75, 3.05) is 15.6 Å². The van der Waals surface area contributed by atoms with Crippen molar-refractivity contribution >= 4 is 33.0 Å². The minimum Gasteiger partial charge on any atom is -0.304 e. The van der Waals surface area contributed by atoms with Crippen LogP contribution in [0.3, 0.4) is 0 Å². The van der Waals surface area contributed by atoms with Crippen molar-refractivity contribution in [1.82, 2.24) is 0 Å². The van der Waals surface area contributed by atoms with Crippen LogP contribution in [0.2, 0.25) is 0 Å². The summed E-state index contributed by atoms with van der Waals surface area (Å²) in [7, 11) is -4.30. The van der Waals surface area contributed by atoms with Gasteiger partial charge in [-0.1, -0.05) is 48.0 Å². The molecular formula is C26H23FN2O4S. The van der Waals surface area contributed by atoms with Gasteiger partial charge in [0.1, 0.15) is 11.6 Å². The number of nitrogens with zero attached hydrogens (tertiary/aromatic N) is 2. The fraction of sp³-hybridized carbons (Fsp3) is 0.231. The van der Waals surface area contributed by atoms with Crippen LogP contribution in [0, 0.1) is 26.6 Å². The maximum absolute atomic E-state index is 14.5. The van der Waals surface area contributed by atoms with E-state index in [4.69, 9.17) is 0 Å². The third kappa shape index (κ3) is 2.94. The molecule has 8 heteroatoms. The van der Waals surface area contributed by atoms with E-state index in [1.165, 1.54) is 17.0 Å². The third-order valence-corrected chi connectivity index (χ3v) is 8.77. The Kier molecular flexibility index (Phi) is 4.91. The summed E-state index contributed by atoms with van der Waals surface area (Å²) in [6.07, 6.45) is 0. The molecule has 2 aliphatic heterocycles. The first kappa shape index (κ1) is 22.3. The van der Waals surface area contributed by atoms with Crippen molar-refractivity contribution in [1.29, 1.82) is 0 Å². The van der Waals surface area contributed by atoms with Gasteiger partial charge in [0.15, 0.2) is 9.84 Å². The number of carbonyl (C=O) groups is 2. The van der Waals surface area contributed by atoms with Crippen molar-refractivity contribution in [2.45, 2.75) is 32.2 Å². The van der Waals surface area contributed by atoms with E-state index in [0.29, 0.717) is 11.3 Å². The van der Waals surface area contributed by atoms with Gasteiger partial charge < -0.3 is 4.90 Å². The highest BCUT2D eigenvalue weighted by Crippen LogP contribution is 2.52. The molecule has 1 saturated heterocycles. The number of sulfone groups is 1. The van der Waals surface area contributed by atoms with Crippen molar-refractivity contribution < 1.29 is 22.4 Å². The van der Waals surface area contributed by atoms with Crippen LogP contribution in [-0.2, 0) is 30.8 Å². The van der Waals surface area contributed by atoms with Crippen LogP contribution in [0.25, 0.3) is 0 Å². The number of fused-ring (bicyclic) bond motifs is 2. The average Bonchev–Trinajstić information content (AvgIpc) is 3.15. The molecule has 174 valence electrons. The van der Waals surface area contributed by atoms with E-state index >= 15 is 0 Å². The molecule has 6 nitrogen and oxygen atoms in total. The molecule has 2 amide bonds. The minimum atomic E-state index is -4.30. The standard InChI is InChI=1S/C26H23FN2O4S/c1-16-8-9-17(2)19(12-16)14-28-23-7-5-4-6-21(23)26(25(28)31)29(24(30)15-34(26,32)33)20-11-10-18(3)22(27)13-20/h4-13H,14-15H2,1-3H3/t26-/m1/s1. The van der Waals surface area contributed by atoms with Gasteiger partial charge in [-0.3, -0.25) is 14.5 Å². The lowest BCUT2D eigenvalue weighted by atomic mass is 10.0. The highest BCUT2D eigenvalue weighted by molar-refractivity contribution is 7.94. The second-order valence-electron chi connectivity index (χ2n) is 8.90. The van der Waals surface area contributed by atoms with Crippen molar-refractivity contribution in [3.63, 3.8) is 0 Å². The van der Waals surface area contributed by atoms with Gasteiger partial charge in [-0.25, -0.2) is 12.8 Å². The summed E-state index contributed by atoms with van der Waals surface area (Å²) in [5.74, 6) is -2.92. The maximum atomic E-state index is 14.5. The Morgan fingerprint density at radius 2 is 1.65 bits per heavy atom. The molecule has 0 aromatic heterocycles. The molecule has 1 fully saturated rings.